The third kappa shape index (κ3) is 5.70. The largest absolute Gasteiger partial charge is 0.377 e. The lowest BCUT2D eigenvalue weighted by Gasteiger charge is -2.46. The van der Waals surface area contributed by atoms with E-state index in [1.807, 2.05) is 11.8 Å². The molecule has 1 aromatic carbocycles. The van der Waals surface area contributed by atoms with Crippen molar-refractivity contribution in [2.45, 2.75) is 55.5 Å². The van der Waals surface area contributed by atoms with Crippen LogP contribution in [0.25, 0.3) is 0 Å². The zero-order valence-corrected chi connectivity index (χ0v) is 18.3. The summed E-state index contributed by atoms with van der Waals surface area (Å²) >= 11 is 1.97. The Kier molecular flexibility index (Phi) is 8.03. The van der Waals surface area contributed by atoms with Crippen LogP contribution >= 0.6 is 11.8 Å². The second-order valence-corrected chi connectivity index (χ2v) is 9.54. The summed E-state index contributed by atoms with van der Waals surface area (Å²) in [6.07, 6.45) is 1.50. The average Bonchev–Trinajstić information content (AvgIpc) is 2.66. The topological polar surface area (TPSA) is 27.7 Å². The highest BCUT2D eigenvalue weighted by Crippen LogP contribution is 2.39. The van der Waals surface area contributed by atoms with E-state index >= 15 is 0 Å². The molecule has 152 valence electrons. The summed E-state index contributed by atoms with van der Waals surface area (Å²) in [5, 5.41) is 4.42. The van der Waals surface area contributed by atoms with Gasteiger partial charge in [-0.25, -0.2) is 0 Å². The molecule has 27 heavy (non-hydrogen) atoms. The molecular weight excluding hydrogens is 354 g/mol. The minimum Gasteiger partial charge on any atom is -0.377 e. The molecule has 1 aliphatic heterocycles. The van der Waals surface area contributed by atoms with Crippen molar-refractivity contribution in [1.82, 2.24) is 15.1 Å². The molecule has 1 N–H and O–H groups in total. The van der Waals surface area contributed by atoms with Gasteiger partial charge < -0.3 is 15.0 Å². The van der Waals surface area contributed by atoms with Crippen molar-refractivity contribution in [3.63, 3.8) is 0 Å². The summed E-state index contributed by atoms with van der Waals surface area (Å²) in [6.45, 7) is 13.5. The smallest absolute Gasteiger partial charge is 0.0727 e. The van der Waals surface area contributed by atoms with Crippen LogP contribution in [0, 0.1) is 5.92 Å². The predicted octanol–water partition coefficient (Wildman–Crippen LogP) is 3.19. The van der Waals surface area contributed by atoms with Crippen LogP contribution in [0.4, 0.5) is 0 Å². The first kappa shape index (κ1) is 21.1. The normalized spacial score (nSPS) is 28.3. The summed E-state index contributed by atoms with van der Waals surface area (Å²) in [4.78, 5) is 6.47. The Labute approximate surface area is 170 Å². The molecule has 1 aliphatic carbocycles. The number of nitrogens with zero attached hydrogens (tertiary/aromatic N) is 2. The molecule has 2 aliphatic rings. The second-order valence-electron chi connectivity index (χ2n) is 8.29. The van der Waals surface area contributed by atoms with Crippen molar-refractivity contribution in [1.29, 1.82) is 0 Å². The van der Waals surface area contributed by atoms with Crippen molar-refractivity contribution in [2.75, 3.05) is 46.4 Å². The van der Waals surface area contributed by atoms with Gasteiger partial charge >= 0.3 is 0 Å². The lowest BCUT2D eigenvalue weighted by atomic mass is 9.87. The Morgan fingerprint density at radius 2 is 1.85 bits per heavy atom. The minimum absolute atomic E-state index is 0.374. The van der Waals surface area contributed by atoms with Gasteiger partial charge in [0.1, 0.15) is 0 Å². The van der Waals surface area contributed by atoms with E-state index in [4.69, 9.17) is 4.74 Å². The fourth-order valence-electron chi connectivity index (χ4n) is 4.18. The van der Waals surface area contributed by atoms with E-state index in [1.54, 1.807) is 0 Å². The summed E-state index contributed by atoms with van der Waals surface area (Å²) in [5.41, 5.74) is 0. The molecule has 1 saturated carbocycles. The van der Waals surface area contributed by atoms with Gasteiger partial charge in [0.15, 0.2) is 0 Å². The highest BCUT2D eigenvalue weighted by molar-refractivity contribution is 8.00. The van der Waals surface area contributed by atoms with E-state index in [1.165, 1.54) is 31.1 Å². The number of nitrogens with one attached hydrogen (secondary N) is 1. The van der Waals surface area contributed by atoms with Crippen LogP contribution < -0.4 is 5.32 Å². The van der Waals surface area contributed by atoms with Gasteiger partial charge in [-0.3, -0.25) is 4.90 Å². The van der Waals surface area contributed by atoms with Crippen molar-refractivity contribution in [3.8, 4) is 0 Å². The van der Waals surface area contributed by atoms with Crippen molar-refractivity contribution in [3.05, 3.63) is 30.3 Å². The highest BCUT2D eigenvalue weighted by atomic mass is 32.2. The molecule has 0 aromatic heterocycles. The number of hydrogen-bond donors (Lipinski definition) is 1. The summed E-state index contributed by atoms with van der Waals surface area (Å²) in [7, 11) is 2.23. The SMILES string of the molecule is CCO[C@@H]1CC(NCC(C(C)C)N2CCN(C)CC2)[C@H]1Sc1ccccc1. The molecule has 1 heterocycles. The maximum Gasteiger partial charge on any atom is 0.0727 e. The third-order valence-electron chi connectivity index (χ3n) is 6.01. The van der Waals surface area contributed by atoms with Crippen LogP contribution in [0.5, 0.6) is 0 Å². The highest BCUT2D eigenvalue weighted by Gasteiger charge is 2.42. The van der Waals surface area contributed by atoms with Gasteiger partial charge in [-0.1, -0.05) is 32.0 Å². The second kappa shape index (κ2) is 10.3. The number of ether oxygens (including phenoxy) is 1. The molecule has 4 nitrogen and oxygen atoms in total. The van der Waals surface area contributed by atoms with Gasteiger partial charge in [-0.05, 0) is 38.4 Å². The number of rotatable bonds is 9. The van der Waals surface area contributed by atoms with Crippen LogP contribution in [0.2, 0.25) is 0 Å². The average molecular weight is 392 g/mol. The van der Waals surface area contributed by atoms with Gasteiger partial charge in [0.2, 0.25) is 0 Å². The predicted molar refractivity (Wildman–Crippen MR) is 116 cm³/mol. The van der Waals surface area contributed by atoms with Gasteiger partial charge in [0.05, 0.1) is 11.4 Å². The van der Waals surface area contributed by atoms with Crippen molar-refractivity contribution < 1.29 is 4.74 Å². The monoisotopic (exact) mass is 391 g/mol. The Balaban J connectivity index is 1.55. The van der Waals surface area contributed by atoms with Crippen LogP contribution in [0.15, 0.2) is 35.2 Å². The molecule has 0 amide bonds. The van der Waals surface area contributed by atoms with E-state index in [9.17, 15) is 0 Å². The molecule has 2 unspecified atom stereocenters. The molecule has 0 radical (unpaired) electrons. The number of benzene rings is 1. The van der Waals surface area contributed by atoms with Gasteiger partial charge in [-0.15, -0.1) is 11.8 Å². The number of piperazine rings is 1. The van der Waals surface area contributed by atoms with Crippen LogP contribution in [0.3, 0.4) is 0 Å². The summed E-state index contributed by atoms with van der Waals surface area (Å²) in [5.74, 6) is 0.670. The first-order valence-corrected chi connectivity index (χ1v) is 11.5. The van der Waals surface area contributed by atoms with Gasteiger partial charge in [0.25, 0.3) is 0 Å². The third-order valence-corrected chi connectivity index (χ3v) is 7.46. The zero-order valence-electron chi connectivity index (χ0n) is 17.4. The standard InChI is InChI=1S/C22H37N3OS/c1-5-26-21-15-19(22(21)27-18-9-7-6-8-10-18)23-16-20(17(2)3)25-13-11-24(4)12-14-25/h6-10,17,19-23H,5,11-16H2,1-4H3/t19?,20?,21-,22-/m1/s1. The summed E-state index contributed by atoms with van der Waals surface area (Å²) < 4.78 is 6.00. The fourth-order valence-corrected chi connectivity index (χ4v) is 5.53. The minimum atomic E-state index is 0.374. The lowest BCUT2D eigenvalue weighted by molar-refractivity contribution is -0.00616. The Bertz CT molecular complexity index is 548. The Morgan fingerprint density at radius 1 is 1.15 bits per heavy atom. The Hall–Kier alpha value is -0.590. The summed E-state index contributed by atoms with van der Waals surface area (Å²) in [6, 6.07) is 11.9. The maximum atomic E-state index is 6.00. The molecule has 5 heteroatoms. The molecular formula is C22H37N3OS. The lowest BCUT2D eigenvalue weighted by Crippen LogP contribution is -2.61. The molecule has 0 bridgehead atoms. The molecule has 4 atom stereocenters. The van der Waals surface area contributed by atoms with Crippen LogP contribution in [-0.4, -0.2) is 79.6 Å². The van der Waals surface area contributed by atoms with E-state index < -0.39 is 0 Å². The number of hydrogen-bond acceptors (Lipinski definition) is 5. The van der Waals surface area contributed by atoms with Crippen molar-refractivity contribution in [2.24, 2.45) is 5.92 Å². The molecule has 1 saturated heterocycles. The molecule has 3 rings (SSSR count). The Morgan fingerprint density at radius 3 is 2.48 bits per heavy atom. The first-order valence-electron chi connectivity index (χ1n) is 10.6. The van der Waals surface area contributed by atoms with E-state index in [2.05, 4.69) is 73.3 Å². The fraction of sp³-hybridized carbons (Fsp3) is 0.727. The maximum absolute atomic E-state index is 6.00. The zero-order chi connectivity index (χ0) is 19.2. The van der Waals surface area contributed by atoms with E-state index in [-0.39, 0.29) is 0 Å². The van der Waals surface area contributed by atoms with E-state index in [0.29, 0.717) is 29.4 Å². The molecule has 1 aromatic rings. The molecule has 2 fully saturated rings. The van der Waals surface area contributed by atoms with Crippen molar-refractivity contribution >= 4 is 11.8 Å². The quantitative estimate of drug-likeness (QED) is 0.698. The number of thioether (sulfide) groups is 1. The van der Waals surface area contributed by atoms with Crippen LogP contribution in [0.1, 0.15) is 27.2 Å². The number of likely N-dealkylation sites (N-methyl/N-ethyl adjacent to an activating group) is 1. The van der Waals surface area contributed by atoms with Crippen LogP contribution in [-0.2, 0) is 4.74 Å². The van der Waals surface area contributed by atoms with Gasteiger partial charge in [-0.2, -0.15) is 0 Å². The van der Waals surface area contributed by atoms with E-state index in [0.717, 1.165) is 19.6 Å². The molecule has 0 spiro atoms. The van der Waals surface area contributed by atoms with Gasteiger partial charge in [0, 0.05) is 56.3 Å². The first-order chi connectivity index (χ1) is 13.1.